The van der Waals surface area contributed by atoms with E-state index in [0.717, 1.165) is 5.56 Å². The number of rotatable bonds is 7. The predicted molar refractivity (Wildman–Crippen MR) is 90.6 cm³/mol. The summed E-state index contributed by atoms with van der Waals surface area (Å²) in [7, 11) is 0. The van der Waals surface area contributed by atoms with E-state index in [1.807, 2.05) is 30.3 Å². The molecule has 1 aliphatic rings. The first-order valence-electron chi connectivity index (χ1n) is 8.64. The van der Waals surface area contributed by atoms with Crippen LogP contribution in [0.15, 0.2) is 30.3 Å². The SMILES string of the molecule is CCNC(=O)[C@@H]1[C@H](F)[C@@H](O)[C@H](O)[C@@H](CF)N1CCCc1ccccc1. The molecular formula is C18H26F2N2O3. The van der Waals surface area contributed by atoms with Crippen molar-refractivity contribution >= 4 is 5.91 Å². The molecule has 0 radical (unpaired) electrons. The Hall–Kier alpha value is -1.57. The van der Waals surface area contributed by atoms with Crippen LogP contribution < -0.4 is 5.32 Å². The summed E-state index contributed by atoms with van der Waals surface area (Å²) in [5.41, 5.74) is 1.09. The second kappa shape index (κ2) is 9.22. The van der Waals surface area contributed by atoms with Gasteiger partial charge in [0.15, 0.2) is 6.17 Å². The maximum atomic E-state index is 14.5. The minimum Gasteiger partial charge on any atom is -0.389 e. The molecular weight excluding hydrogens is 330 g/mol. The third-order valence-electron chi connectivity index (χ3n) is 4.66. The normalized spacial score (nSPS) is 30.2. The van der Waals surface area contributed by atoms with Crippen LogP contribution in [0.1, 0.15) is 18.9 Å². The summed E-state index contributed by atoms with van der Waals surface area (Å²) in [5.74, 6) is -0.598. The number of piperidine rings is 1. The van der Waals surface area contributed by atoms with Crippen molar-refractivity contribution in [3.63, 3.8) is 0 Å². The Labute approximate surface area is 146 Å². The number of hydrogen-bond donors (Lipinski definition) is 3. The van der Waals surface area contributed by atoms with Crippen LogP contribution in [0.4, 0.5) is 8.78 Å². The first-order chi connectivity index (χ1) is 12.0. The molecule has 0 unspecified atom stereocenters. The molecule has 0 aliphatic carbocycles. The second-order valence-corrected chi connectivity index (χ2v) is 6.31. The van der Waals surface area contributed by atoms with Crippen LogP contribution in [-0.4, -0.2) is 71.2 Å². The minimum atomic E-state index is -1.97. The van der Waals surface area contributed by atoms with Gasteiger partial charge in [0.05, 0.1) is 6.04 Å². The van der Waals surface area contributed by atoms with E-state index >= 15 is 0 Å². The number of alkyl halides is 2. The first-order valence-corrected chi connectivity index (χ1v) is 8.64. The second-order valence-electron chi connectivity index (χ2n) is 6.31. The molecule has 1 amide bonds. The summed E-state index contributed by atoms with van der Waals surface area (Å²) in [6.45, 7) is 1.28. The highest BCUT2D eigenvalue weighted by Gasteiger charge is 2.51. The Bertz CT molecular complexity index is 546. The summed E-state index contributed by atoms with van der Waals surface area (Å²) in [6.07, 6.45) is -4.05. The van der Waals surface area contributed by atoms with Crippen LogP contribution >= 0.6 is 0 Å². The predicted octanol–water partition coefficient (Wildman–Crippen LogP) is 0.837. The zero-order chi connectivity index (χ0) is 18.4. The molecule has 3 N–H and O–H groups in total. The van der Waals surface area contributed by atoms with E-state index in [9.17, 15) is 23.8 Å². The van der Waals surface area contributed by atoms with Crippen molar-refractivity contribution in [3.8, 4) is 0 Å². The molecule has 5 nitrogen and oxygen atoms in total. The third kappa shape index (κ3) is 4.54. The molecule has 1 heterocycles. The summed E-state index contributed by atoms with van der Waals surface area (Å²) in [6, 6.07) is 7.23. The number of hydrogen-bond acceptors (Lipinski definition) is 4. The number of nitrogens with zero attached hydrogens (tertiary/aromatic N) is 1. The maximum Gasteiger partial charge on any atom is 0.240 e. The maximum absolute atomic E-state index is 14.5. The van der Waals surface area contributed by atoms with Gasteiger partial charge in [-0.15, -0.1) is 0 Å². The van der Waals surface area contributed by atoms with E-state index in [-0.39, 0.29) is 6.54 Å². The molecule has 1 aromatic carbocycles. The van der Waals surface area contributed by atoms with Crippen molar-refractivity contribution in [2.24, 2.45) is 0 Å². The highest BCUT2D eigenvalue weighted by atomic mass is 19.1. The average Bonchev–Trinajstić information content (AvgIpc) is 2.61. The monoisotopic (exact) mass is 356 g/mol. The summed E-state index contributed by atoms with van der Waals surface area (Å²) >= 11 is 0. The number of aliphatic hydroxyl groups is 2. The summed E-state index contributed by atoms with van der Waals surface area (Å²) in [5, 5.41) is 22.4. The Balaban J connectivity index is 2.13. The Morgan fingerprint density at radius 3 is 2.52 bits per heavy atom. The molecule has 0 spiro atoms. The van der Waals surface area contributed by atoms with Crippen LogP contribution in [0.2, 0.25) is 0 Å². The van der Waals surface area contributed by atoms with Gasteiger partial charge in [-0.2, -0.15) is 0 Å². The van der Waals surface area contributed by atoms with Crippen LogP contribution in [0.5, 0.6) is 0 Å². The highest BCUT2D eigenvalue weighted by molar-refractivity contribution is 5.82. The number of aryl methyl sites for hydroxylation is 1. The van der Waals surface area contributed by atoms with Gasteiger partial charge in [0.25, 0.3) is 0 Å². The number of likely N-dealkylation sites (tertiary alicyclic amines) is 1. The van der Waals surface area contributed by atoms with E-state index in [4.69, 9.17) is 0 Å². The zero-order valence-electron chi connectivity index (χ0n) is 14.3. The van der Waals surface area contributed by atoms with Crippen molar-refractivity contribution in [2.45, 2.75) is 50.2 Å². The Morgan fingerprint density at radius 1 is 1.24 bits per heavy atom. The quantitative estimate of drug-likeness (QED) is 0.677. The first kappa shape index (κ1) is 19.8. The van der Waals surface area contributed by atoms with Crippen molar-refractivity contribution < 1.29 is 23.8 Å². The van der Waals surface area contributed by atoms with Crippen LogP contribution in [-0.2, 0) is 11.2 Å². The van der Waals surface area contributed by atoms with Gasteiger partial charge in [0.2, 0.25) is 5.91 Å². The van der Waals surface area contributed by atoms with Gasteiger partial charge in [-0.25, -0.2) is 8.78 Å². The lowest BCUT2D eigenvalue weighted by Crippen LogP contribution is -2.69. The fraction of sp³-hybridized carbons (Fsp3) is 0.611. The average molecular weight is 356 g/mol. The topological polar surface area (TPSA) is 72.8 Å². The molecule has 7 heteroatoms. The fourth-order valence-electron chi connectivity index (χ4n) is 3.36. The molecule has 1 saturated heterocycles. The van der Waals surface area contributed by atoms with Gasteiger partial charge in [0, 0.05) is 6.54 Å². The highest BCUT2D eigenvalue weighted by Crippen LogP contribution is 2.28. The molecule has 1 aliphatic heterocycles. The number of benzene rings is 1. The van der Waals surface area contributed by atoms with E-state index in [0.29, 0.717) is 19.4 Å². The molecule has 0 aromatic heterocycles. The Morgan fingerprint density at radius 2 is 1.92 bits per heavy atom. The molecule has 25 heavy (non-hydrogen) atoms. The standard InChI is InChI=1S/C18H26F2N2O3/c1-2-21-18(25)15-14(20)17(24)16(23)13(11-19)22(15)10-6-9-12-7-4-3-5-8-12/h3-5,7-8,13-17,23-24H,2,6,9-11H2,1H3,(H,21,25)/t13-,14+,15+,16-,17-/m1/s1. The number of nitrogens with one attached hydrogen (secondary N) is 1. The van der Waals surface area contributed by atoms with Gasteiger partial charge in [-0.3, -0.25) is 9.69 Å². The van der Waals surface area contributed by atoms with Crippen molar-refractivity contribution in [1.29, 1.82) is 0 Å². The Kier molecular flexibility index (Phi) is 7.28. The smallest absolute Gasteiger partial charge is 0.240 e. The lowest BCUT2D eigenvalue weighted by atomic mass is 9.88. The van der Waals surface area contributed by atoms with Gasteiger partial charge in [0.1, 0.15) is 24.9 Å². The minimum absolute atomic E-state index is 0.246. The van der Waals surface area contributed by atoms with Gasteiger partial charge in [-0.1, -0.05) is 30.3 Å². The third-order valence-corrected chi connectivity index (χ3v) is 4.66. The van der Waals surface area contributed by atoms with Gasteiger partial charge in [-0.05, 0) is 31.9 Å². The molecule has 5 atom stereocenters. The molecule has 1 fully saturated rings. The van der Waals surface area contributed by atoms with E-state index in [1.165, 1.54) is 4.90 Å². The van der Waals surface area contributed by atoms with E-state index in [2.05, 4.69) is 5.32 Å². The van der Waals surface area contributed by atoms with Crippen molar-refractivity contribution in [1.82, 2.24) is 10.2 Å². The fourth-order valence-corrected chi connectivity index (χ4v) is 3.36. The van der Waals surface area contributed by atoms with Crippen LogP contribution in [0.3, 0.4) is 0 Å². The number of aliphatic hydroxyl groups excluding tert-OH is 2. The summed E-state index contributed by atoms with van der Waals surface area (Å²) < 4.78 is 28.0. The van der Waals surface area contributed by atoms with Crippen molar-refractivity contribution in [2.75, 3.05) is 19.8 Å². The lowest BCUT2D eigenvalue weighted by Gasteiger charge is -2.46. The number of likely N-dealkylation sites (N-methyl/N-ethyl adjacent to an activating group) is 1. The number of carbonyl (C=O) groups is 1. The molecule has 0 bridgehead atoms. The zero-order valence-corrected chi connectivity index (χ0v) is 14.3. The lowest BCUT2D eigenvalue weighted by molar-refractivity contribution is -0.161. The molecule has 140 valence electrons. The number of halogens is 2. The van der Waals surface area contributed by atoms with Gasteiger partial charge >= 0.3 is 0 Å². The van der Waals surface area contributed by atoms with E-state index < -0.39 is 43.0 Å². The van der Waals surface area contributed by atoms with Crippen molar-refractivity contribution in [3.05, 3.63) is 35.9 Å². The number of carbonyl (C=O) groups excluding carboxylic acids is 1. The summed E-state index contributed by atoms with van der Waals surface area (Å²) in [4.78, 5) is 13.6. The largest absolute Gasteiger partial charge is 0.389 e. The number of amides is 1. The molecule has 2 rings (SSSR count). The van der Waals surface area contributed by atoms with Crippen LogP contribution in [0, 0.1) is 0 Å². The molecule has 0 saturated carbocycles. The molecule has 1 aromatic rings. The van der Waals surface area contributed by atoms with Gasteiger partial charge < -0.3 is 15.5 Å². The van der Waals surface area contributed by atoms with E-state index in [1.54, 1.807) is 6.92 Å². The van der Waals surface area contributed by atoms with Crippen LogP contribution in [0.25, 0.3) is 0 Å².